The van der Waals surface area contributed by atoms with Gasteiger partial charge < -0.3 is 14.8 Å². The largest absolute Gasteiger partial charge is 0.573 e. The fourth-order valence-electron chi connectivity index (χ4n) is 1.66. The number of carbonyl (C=O) groups is 1. The molecule has 26 heavy (non-hydrogen) atoms. The van der Waals surface area contributed by atoms with Crippen molar-refractivity contribution in [2.24, 2.45) is 0 Å². The summed E-state index contributed by atoms with van der Waals surface area (Å²) in [5.41, 5.74) is -1.22. The molecular formula is C14H9F6N3O3. The average molecular weight is 381 g/mol. The van der Waals surface area contributed by atoms with Gasteiger partial charge in [-0.3, -0.25) is 9.78 Å². The molecule has 2 aromatic rings. The zero-order valence-corrected chi connectivity index (χ0v) is 12.6. The molecule has 0 unspecified atom stereocenters. The van der Waals surface area contributed by atoms with E-state index < -0.39 is 36.5 Å². The Kier molecular flexibility index (Phi) is 5.53. The van der Waals surface area contributed by atoms with Gasteiger partial charge in [-0.25, -0.2) is 4.98 Å². The molecule has 6 nitrogen and oxygen atoms in total. The van der Waals surface area contributed by atoms with Crippen LogP contribution in [-0.4, -0.2) is 28.8 Å². The van der Waals surface area contributed by atoms with Crippen LogP contribution in [0.3, 0.4) is 0 Å². The van der Waals surface area contributed by atoms with E-state index in [0.717, 1.165) is 30.7 Å². The summed E-state index contributed by atoms with van der Waals surface area (Å²) in [6.45, 7) is -0.614. The van der Waals surface area contributed by atoms with Gasteiger partial charge in [0.1, 0.15) is 17.2 Å². The van der Waals surface area contributed by atoms with Crippen LogP contribution in [0.1, 0.15) is 5.69 Å². The first-order valence-corrected chi connectivity index (χ1v) is 6.69. The van der Waals surface area contributed by atoms with Crippen LogP contribution in [-0.2, 0) is 11.0 Å². The van der Waals surface area contributed by atoms with Crippen molar-refractivity contribution in [2.45, 2.75) is 12.5 Å². The number of halogens is 6. The summed E-state index contributed by atoms with van der Waals surface area (Å²) in [5, 5.41) is 2.20. The second kappa shape index (κ2) is 7.45. The van der Waals surface area contributed by atoms with Gasteiger partial charge in [0.25, 0.3) is 5.91 Å². The number of amides is 1. The summed E-state index contributed by atoms with van der Waals surface area (Å²) in [5.74, 6) is -1.51. The summed E-state index contributed by atoms with van der Waals surface area (Å²) >= 11 is 0. The molecule has 0 aliphatic heterocycles. The number of hydrogen-bond acceptors (Lipinski definition) is 5. The highest BCUT2D eigenvalue weighted by atomic mass is 19.4. The van der Waals surface area contributed by atoms with Crippen molar-refractivity contribution < 1.29 is 40.6 Å². The number of rotatable bonds is 5. The molecule has 140 valence electrons. The Bertz CT molecular complexity index is 762. The van der Waals surface area contributed by atoms with Crippen molar-refractivity contribution in [2.75, 3.05) is 11.9 Å². The minimum Gasteiger partial charge on any atom is -0.482 e. The van der Waals surface area contributed by atoms with Crippen LogP contribution >= 0.6 is 0 Å². The topological polar surface area (TPSA) is 73.3 Å². The molecular weight excluding hydrogens is 372 g/mol. The highest BCUT2D eigenvalue weighted by Crippen LogP contribution is 2.28. The first-order chi connectivity index (χ1) is 12.0. The van der Waals surface area contributed by atoms with Crippen molar-refractivity contribution in [3.05, 3.63) is 42.5 Å². The third kappa shape index (κ3) is 6.11. The maximum absolute atomic E-state index is 12.4. The summed E-state index contributed by atoms with van der Waals surface area (Å²) in [6.07, 6.45) is -6.86. The molecule has 0 aromatic carbocycles. The van der Waals surface area contributed by atoms with E-state index in [-0.39, 0.29) is 11.4 Å². The zero-order chi connectivity index (χ0) is 19.4. The fraction of sp³-hybridized carbons (Fsp3) is 0.214. The van der Waals surface area contributed by atoms with Gasteiger partial charge in [-0.2, -0.15) is 13.2 Å². The quantitative estimate of drug-likeness (QED) is 0.804. The summed E-state index contributed by atoms with van der Waals surface area (Å²) in [4.78, 5) is 18.3. The number of nitrogens with zero attached hydrogens (tertiary/aromatic N) is 2. The van der Waals surface area contributed by atoms with E-state index in [1.54, 1.807) is 0 Å². The molecule has 2 rings (SSSR count). The van der Waals surface area contributed by atoms with Crippen LogP contribution < -0.4 is 14.8 Å². The molecule has 0 spiro atoms. The number of pyridine rings is 2. The van der Waals surface area contributed by atoms with Gasteiger partial charge in [0, 0.05) is 6.07 Å². The van der Waals surface area contributed by atoms with Crippen LogP contribution in [0.5, 0.6) is 11.5 Å². The lowest BCUT2D eigenvalue weighted by molar-refractivity contribution is -0.274. The smallest absolute Gasteiger partial charge is 0.482 e. The number of alkyl halides is 6. The standard InChI is InChI=1S/C14H9F6N3O3/c15-13(16,17)11-2-1-9(6-22-11)25-7-12(24)23-8-3-10(5-21-4-8)26-14(18,19)20/h1-6H,7H2,(H,23,24). The zero-order valence-electron chi connectivity index (χ0n) is 12.6. The molecule has 0 aliphatic carbocycles. The molecule has 2 aromatic heterocycles. The lowest BCUT2D eigenvalue weighted by atomic mass is 10.3. The monoisotopic (exact) mass is 381 g/mol. The second-order valence-corrected chi connectivity index (χ2v) is 4.67. The maximum atomic E-state index is 12.4. The molecule has 1 amide bonds. The molecule has 2 heterocycles. The fourth-order valence-corrected chi connectivity index (χ4v) is 1.66. The lowest BCUT2D eigenvalue weighted by Crippen LogP contribution is -2.21. The number of aromatic nitrogens is 2. The number of anilines is 1. The molecule has 0 saturated heterocycles. The Morgan fingerprint density at radius 3 is 2.35 bits per heavy atom. The number of ether oxygens (including phenoxy) is 2. The molecule has 0 bridgehead atoms. The number of hydrogen-bond donors (Lipinski definition) is 1. The van der Waals surface area contributed by atoms with Gasteiger partial charge in [0.2, 0.25) is 0 Å². The van der Waals surface area contributed by atoms with Crippen molar-refractivity contribution in [1.29, 1.82) is 0 Å². The Hall–Kier alpha value is -3.05. The molecule has 0 fully saturated rings. The molecule has 0 saturated carbocycles. The van der Waals surface area contributed by atoms with Crippen LogP contribution in [0.4, 0.5) is 32.0 Å². The van der Waals surface area contributed by atoms with E-state index in [1.165, 1.54) is 0 Å². The Morgan fingerprint density at radius 2 is 1.77 bits per heavy atom. The Labute approximate surface area is 141 Å². The van der Waals surface area contributed by atoms with Gasteiger partial charge in [-0.05, 0) is 12.1 Å². The highest BCUT2D eigenvalue weighted by Gasteiger charge is 2.32. The Balaban J connectivity index is 1.90. The average Bonchev–Trinajstić information content (AvgIpc) is 2.51. The minimum absolute atomic E-state index is 0.0918. The normalized spacial score (nSPS) is 11.8. The molecule has 12 heteroatoms. The predicted octanol–water partition coefficient (Wildman–Crippen LogP) is 3.41. The predicted molar refractivity (Wildman–Crippen MR) is 74.3 cm³/mol. The Morgan fingerprint density at radius 1 is 1.04 bits per heavy atom. The van der Waals surface area contributed by atoms with Crippen molar-refractivity contribution in [3.8, 4) is 11.5 Å². The van der Waals surface area contributed by atoms with Gasteiger partial charge in [0.15, 0.2) is 6.61 Å². The third-order valence-corrected chi connectivity index (χ3v) is 2.63. The lowest BCUT2D eigenvalue weighted by Gasteiger charge is -2.11. The van der Waals surface area contributed by atoms with Crippen LogP contribution in [0.25, 0.3) is 0 Å². The highest BCUT2D eigenvalue weighted by molar-refractivity contribution is 5.91. The number of carbonyl (C=O) groups excluding carboxylic acids is 1. The minimum atomic E-state index is -4.91. The van der Waals surface area contributed by atoms with Crippen molar-refractivity contribution in [3.63, 3.8) is 0 Å². The van der Waals surface area contributed by atoms with E-state index in [9.17, 15) is 31.1 Å². The van der Waals surface area contributed by atoms with Crippen molar-refractivity contribution in [1.82, 2.24) is 9.97 Å². The maximum Gasteiger partial charge on any atom is 0.573 e. The first kappa shape index (κ1) is 19.3. The van der Waals surface area contributed by atoms with Gasteiger partial charge in [0.05, 0.1) is 24.3 Å². The SMILES string of the molecule is O=C(COc1ccc(C(F)(F)F)nc1)Nc1cncc(OC(F)(F)F)c1. The molecule has 0 atom stereocenters. The van der Waals surface area contributed by atoms with E-state index in [4.69, 9.17) is 4.74 Å². The van der Waals surface area contributed by atoms with Crippen LogP contribution in [0.15, 0.2) is 36.8 Å². The third-order valence-electron chi connectivity index (χ3n) is 2.63. The summed E-state index contributed by atoms with van der Waals surface area (Å²) in [6, 6.07) is 2.54. The first-order valence-electron chi connectivity index (χ1n) is 6.69. The van der Waals surface area contributed by atoms with Crippen LogP contribution in [0, 0.1) is 0 Å². The molecule has 0 radical (unpaired) electrons. The summed E-state index contributed by atoms with van der Waals surface area (Å²) < 4.78 is 82.0. The number of nitrogens with one attached hydrogen (secondary N) is 1. The van der Waals surface area contributed by atoms with Crippen molar-refractivity contribution >= 4 is 11.6 Å². The van der Waals surface area contributed by atoms with Gasteiger partial charge >= 0.3 is 12.5 Å². The van der Waals surface area contributed by atoms with Gasteiger partial charge in [-0.1, -0.05) is 0 Å². The van der Waals surface area contributed by atoms with E-state index in [2.05, 4.69) is 20.0 Å². The molecule has 0 aliphatic rings. The molecule has 1 N–H and O–H groups in total. The van der Waals surface area contributed by atoms with E-state index in [1.807, 2.05) is 0 Å². The van der Waals surface area contributed by atoms with E-state index >= 15 is 0 Å². The van der Waals surface area contributed by atoms with Gasteiger partial charge in [-0.15, -0.1) is 13.2 Å². The second-order valence-electron chi connectivity index (χ2n) is 4.67. The summed E-state index contributed by atoms with van der Waals surface area (Å²) in [7, 11) is 0. The van der Waals surface area contributed by atoms with E-state index in [0.29, 0.717) is 6.07 Å². The van der Waals surface area contributed by atoms with Crippen LogP contribution in [0.2, 0.25) is 0 Å².